The van der Waals surface area contributed by atoms with Gasteiger partial charge in [0.15, 0.2) is 0 Å². The van der Waals surface area contributed by atoms with Crippen LogP contribution in [0.15, 0.2) is 18.2 Å². The average Bonchev–Trinajstić information content (AvgIpc) is 2.41. The van der Waals surface area contributed by atoms with E-state index in [1.807, 2.05) is 0 Å². The van der Waals surface area contributed by atoms with E-state index in [0.29, 0.717) is 37.2 Å². The van der Waals surface area contributed by atoms with Crippen molar-refractivity contribution in [1.29, 1.82) is 0 Å². The van der Waals surface area contributed by atoms with E-state index in [9.17, 15) is 18.0 Å². The molecule has 0 saturated carbocycles. The molecule has 0 spiro atoms. The summed E-state index contributed by atoms with van der Waals surface area (Å²) in [7, 11) is 1.42. The SMILES string of the molecule is COc1ccc(C(F)(F)F)cc1CNCCCNC=O. The molecule has 1 rings (SSSR count). The number of carbonyl (C=O) groups excluding carboxylic acids is 1. The van der Waals surface area contributed by atoms with E-state index in [2.05, 4.69) is 10.6 Å². The fourth-order valence-corrected chi connectivity index (χ4v) is 1.69. The summed E-state index contributed by atoms with van der Waals surface area (Å²) in [5.41, 5.74) is -0.247. The maximum absolute atomic E-state index is 12.6. The highest BCUT2D eigenvalue weighted by molar-refractivity contribution is 5.45. The number of hydrogen-bond donors (Lipinski definition) is 2. The lowest BCUT2D eigenvalue weighted by Gasteiger charge is -2.13. The van der Waals surface area contributed by atoms with E-state index < -0.39 is 11.7 Å². The Morgan fingerprint density at radius 3 is 2.65 bits per heavy atom. The van der Waals surface area contributed by atoms with Crippen molar-refractivity contribution in [3.8, 4) is 5.75 Å². The zero-order valence-electron chi connectivity index (χ0n) is 11.1. The molecule has 1 aromatic carbocycles. The van der Waals surface area contributed by atoms with Gasteiger partial charge in [0.25, 0.3) is 0 Å². The van der Waals surface area contributed by atoms with E-state index in [1.165, 1.54) is 13.2 Å². The Labute approximate surface area is 115 Å². The van der Waals surface area contributed by atoms with E-state index in [-0.39, 0.29) is 6.54 Å². The van der Waals surface area contributed by atoms with Gasteiger partial charge in [-0.3, -0.25) is 4.79 Å². The summed E-state index contributed by atoms with van der Waals surface area (Å²) in [5, 5.41) is 5.52. The maximum atomic E-state index is 12.6. The summed E-state index contributed by atoms with van der Waals surface area (Å²) in [5.74, 6) is 0.413. The Balaban J connectivity index is 2.60. The van der Waals surface area contributed by atoms with Crippen molar-refractivity contribution in [2.75, 3.05) is 20.2 Å². The molecule has 0 aliphatic carbocycles. The van der Waals surface area contributed by atoms with E-state index in [0.717, 1.165) is 12.1 Å². The minimum atomic E-state index is -4.37. The van der Waals surface area contributed by atoms with Crippen LogP contribution < -0.4 is 15.4 Å². The number of alkyl halides is 3. The Hall–Kier alpha value is -1.76. The quantitative estimate of drug-likeness (QED) is 0.568. The molecule has 0 aromatic heterocycles. The lowest BCUT2D eigenvalue weighted by molar-refractivity contribution is -0.137. The number of ether oxygens (including phenoxy) is 1. The summed E-state index contributed by atoms with van der Waals surface area (Å²) < 4.78 is 42.9. The van der Waals surface area contributed by atoms with E-state index in [1.54, 1.807) is 0 Å². The Bertz CT molecular complexity index is 436. The molecule has 112 valence electrons. The Morgan fingerprint density at radius 2 is 2.05 bits per heavy atom. The van der Waals surface area contributed by atoms with Crippen LogP contribution in [0.4, 0.5) is 13.2 Å². The second-order valence-electron chi connectivity index (χ2n) is 4.13. The zero-order chi connectivity index (χ0) is 15.0. The third-order valence-corrected chi connectivity index (χ3v) is 2.68. The second kappa shape index (κ2) is 7.74. The van der Waals surface area contributed by atoms with Crippen LogP contribution in [0, 0.1) is 0 Å². The van der Waals surface area contributed by atoms with Crippen molar-refractivity contribution in [2.45, 2.75) is 19.1 Å². The first-order valence-corrected chi connectivity index (χ1v) is 6.11. The van der Waals surface area contributed by atoms with Gasteiger partial charge < -0.3 is 15.4 Å². The van der Waals surface area contributed by atoms with E-state index >= 15 is 0 Å². The Kier molecular flexibility index (Phi) is 6.30. The molecule has 0 bridgehead atoms. The molecule has 0 saturated heterocycles. The van der Waals surface area contributed by atoms with Gasteiger partial charge in [-0.2, -0.15) is 13.2 Å². The lowest BCUT2D eigenvalue weighted by Crippen LogP contribution is -2.21. The first-order valence-electron chi connectivity index (χ1n) is 6.11. The highest BCUT2D eigenvalue weighted by Gasteiger charge is 2.31. The number of amides is 1. The van der Waals surface area contributed by atoms with Gasteiger partial charge in [0.1, 0.15) is 5.75 Å². The molecule has 4 nitrogen and oxygen atoms in total. The number of benzene rings is 1. The van der Waals surface area contributed by atoms with Gasteiger partial charge in [-0.05, 0) is 31.2 Å². The van der Waals surface area contributed by atoms with Gasteiger partial charge in [0.05, 0.1) is 12.7 Å². The first kappa shape index (κ1) is 16.3. The summed E-state index contributed by atoms with van der Waals surface area (Å²) in [4.78, 5) is 10.0. The van der Waals surface area contributed by atoms with Gasteiger partial charge in [0.2, 0.25) is 6.41 Å². The van der Waals surface area contributed by atoms with Gasteiger partial charge in [-0.15, -0.1) is 0 Å². The largest absolute Gasteiger partial charge is 0.496 e. The molecule has 7 heteroatoms. The third kappa shape index (κ3) is 5.08. The molecule has 0 heterocycles. The van der Waals surface area contributed by atoms with Gasteiger partial charge >= 0.3 is 6.18 Å². The smallest absolute Gasteiger partial charge is 0.416 e. The van der Waals surface area contributed by atoms with Crippen molar-refractivity contribution < 1.29 is 22.7 Å². The molecule has 20 heavy (non-hydrogen) atoms. The maximum Gasteiger partial charge on any atom is 0.416 e. The minimum absolute atomic E-state index is 0.272. The monoisotopic (exact) mass is 290 g/mol. The molecule has 1 amide bonds. The highest BCUT2D eigenvalue weighted by Crippen LogP contribution is 2.32. The standard InChI is InChI=1S/C13H17F3N2O2/c1-20-12-4-3-11(13(14,15)16)7-10(12)8-17-5-2-6-18-9-19/h3-4,7,9,17H,2,5-6,8H2,1H3,(H,18,19). The molecule has 0 unspecified atom stereocenters. The van der Waals surface area contributed by atoms with Gasteiger partial charge in [0, 0.05) is 18.7 Å². The van der Waals surface area contributed by atoms with E-state index in [4.69, 9.17) is 4.74 Å². The van der Waals surface area contributed by atoms with Crippen LogP contribution in [0.2, 0.25) is 0 Å². The molecule has 0 atom stereocenters. The number of rotatable bonds is 8. The van der Waals surface area contributed by atoms with Crippen molar-refractivity contribution in [3.05, 3.63) is 29.3 Å². The molecule has 0 aliphatic heterocycles. The first-order chi connectivity index (χ1) is 9.49. The summed E-state index contributed by atoms with van der Waals surface area (Å²) in [6.45, 7) is 1.38. The minimum Gasteiger partial charge on any atom is -0.496 e. The number of halogens is 3. The molecule has 0 aliphatic rings. The van der Waals surface area contributed by atoms with Crippen molar-refractivity contribution in [2.24, 2.45) is 0 Å². The normalized spacial score (nSPS) is 11.2. The number of methoxy groups -OCH3 is 1. The predicted octanol–water partition coefficient (Wildman–Crippen LogP) is 1.94. The number of carbonyl (C=O) groups is 1. The average molecular weight is 290 g/mol. The molecule has 1 aromatic rings. The van der Waals surface area contributed by atoms with Crippen LogP contribution >= 0.6 is 0 Å². The van der Waals surface area contributed by atoms with Crippen molar-refractivity contribution >= 4 is 6.41 Å². The molecular formula is C13H17F3N2O2. The fourth-order valence-electron chi connectivity index (χ4n) is 1.69. The highest BCUT2D eigenvalue weighted by atomic mass is 19.4. The van der Waals surface area contributed by atoms with Gasteiger partial charge in [-0.25, -0.2) is 0 Å². The van der Waals surface area contributed by atoms with Crippen LogP contribution in [0.25, 0.3) is 0 Å². The van der Waals surface area contributed by atoms with Crippen LogP contribution in [-0.4, -0.2) is 26.6 Å². The fraction of sp³-hybridized carbons (Fsp3) is 0.462. The van der Waals surface area contributed by atoms with Crippen molar-refractivity contribution in [3.63, 3.8) is 0 Å². The molecule has 2 N–H and O–H groups in total. The Morgan fingerprint density at radius 1 is 1.30 bits per heavy atom. The summed E-state index contributed by atoms with van der Waals surface area (Å²) in [6.07, 6.45) is -3.06. The molecule has 0 fully saturated rings. The lowest BCUT2D eigenvalue weighted by atomic mass is 10.1. The van der Waals surface area contributed by atoms with Crippen molar-refractivity contribution in [1.82, 2.24) is 10.6 Å². The summed E-state index contributed by atoms with van der Waals surface area (Å²) in [6, 6.07) is 3.39. The third-order valence-electron chi connectivity index (χ3n) is 2.68. The van der Waals surface area contributed by atoms with Crippen LogP contribution in [0.1, 0.15) is 17.5 Å². The number of hydrogen-bond acceptors (Lipinski definition) is 3. The summed E-state index contributed by atoms with van der Waals surface area (Å²) >= 11 is 0. The number of nitrogens with one attached hydrogen (secondary N) is 2. The molecular weight excluding hydrogens is 273 g/mol. The predicted molar refractivity (Wildman–Crippen MR) is 68.4 cm³/mol. The van der Waals surface area contributed by atoms with Crippen LogP contribution in [0.5, 0.6) is 5.75 Å². The van der Waals surface area contributed by atoms with Crippen LogP contribution in [-0.2, 0) is 17.5 Å². The van der Waals surface area contributed by atoms with Crippen LogP contribution in [0.3, 0.4) is 0 Å². The second-order valence-corrected chi connectivity index (χ2v) is 4.13. The van der Waals surface area contributed by atoms with Gasteiger partial charge in [-0.1, -0.05) is 0 Å². The zero-order valence-corrected chi connectivity index (χ0v) is 11.1. The molecule has 0 radical (unpaired) electrons. The topological polar surface area (TPSA) is 50.4 Å².